The van der Waals surface area contributed by atoms with E-state index in [-0.39, 0.29) is 11.8 Å². The maximum Gasteiger partial charge on any atom is 0.309 e. The predicted molar refractivity (Wildman–Crippen MR) is 73.2 cm³/mol. The molecule has 4 aliphatic rings. The molecule has 0 saturated heterocycles. The van der Waals surface area contributed by atoms with E-state index in [0.29, 0.717) is 5.69 Å². The molecule has 4 nitrogen and oxygen atoms in total. The van der Waals surface area contributed by atoms with Crippen LogP contribution < -0.4 is 0 Å². The highest BCUT2D eigenvalue weighted by Crippen LogP contribution is 2.60. The van der Waals surface area contributed by atoms with Crippen molar-refractivity contribution in [2.24, 2.45) is 17.8 Å². The van der Waals surface area contributed by atoms with Gasteiger partial charge in [-0.3, -0.25) is 14.8 Å². The summed E-state index contributed by atoms with van der Waals surface area (Å²) in [7, 11) is 0. The van der Waals surface area contributed by atoms with Crippen LogP contribution in [-0.2, 0) is 16.6 Å². The molecule has 1 heterocycles. The van der Waals surface area contributed by atoms with Crippen LogP contribution in [0.25, 0.3) is 0 Å². The third-order valence-electron chi connectivity index (χ3n) is 5.62. The van der Waals surface area contributed by atoms with E-state index >= 15 is 0 Å². The van der Waals surface area contributed by atoms with Crippen LogP contribution in [-0.4, -0.2) is 21.0 Å². The van der Waals surface area contributed by atoms with E-state index in [1.807, 2.05) is 6.20 Å². The smallest absolute Gasteiger partial charge is 0.309 e. The SMILES string of the molecule is O=C(O)Cc1cnc(C23CC4CC(CC(C4)C2)C3)cn1. The van der Waals surface area contributed by atoms with Gasteiger partial charge in [0.2, 0.25) is 0 Å². The lowest BCUT2D eigenvalue weighted by molar-refractivity contribution is -0.136. The predicted octanol–water partition coefficient (Wildman–Crippen LogP) is 2.57. The molecular weight excluding hydrogens is 252 g/mol. The van der Waals surface area contributed by atoms with Crippen LogP contribution in [0.2, 0.25) is 0 Å². The first kappa shape index (κ1) is 12.3. The molecule has 5 rings (SSSR count). The molecule has 106 valence electrons. The Kier molecular flexibility index (Phi) is 2.63. The lowest BCUT2D eigenvalue weighted by Gasteiger charge is -2.56. The molecule has 4 bridgehead atoms. The monoisotopic (exact) mass is 272 g/mol. The zero-order chi connectivity index (χ0) is 13.7. The second-order valence-corrected chi connectivity index (χ2v) is 7.16. The molecule has 4 fully saturated rings. The van der Waals surface area contributed by atoms with E-state index in [0.717, 1.165) is 23.4 Å². The summed E-state index contributed by atoms with van der Waals surface area (Å²) in [6.07, 6.45) is 11.6. The average molecular weight is 272 g/mol. The number of nitrogens with zero attached hydrogens (tertiary/aromatic N) is 2. The van der Waals surface area contributed by atoms with Gasteiger partial charge < -0.3 is 5.11 Å². The molecule has 4 aliphatic carbocycles. The molecule has 1 aromatic rings. The largest absolute Gasteiger partial charge is 0.481 e. The van der Waals surface area contributed by atoms with Gasteiger partial charge >= 0.3 is 5.97 Å². The topological polar surface area (TPSA) is 63.1 Å². The fourth-order valence-electron chi connectivity index (χ4n) is 5.30. The molecule has 1 aromatic heterocycles. The van der Waals surface area contributed by atoms with Crippen molar-refractivity contribution in [1.82, 2.24) is 9.97 Å². The van der Waals surface area contributed by atoms with Crippen molar-refractivity contribution in [2.45, 2.75) is 50.4 Å². The molecule has 20 heavy (non-hydrogen) atoms. The quantitative estimate of drug-likeness (QED) is 0.918. The maximum absolute atomic E-state index is 10.7. The highest BCUT2D eigenvalue weighted by molar-refractivity contribution is 5.69. The number of rotatable bonds is 3. The van der Waals surface area contributed by atoms with Gasteiger partial charge in [-0.05, 0) is 56.3 Å². The summed E-state index contributed by atoms with van der Waals surface area (Å²) in [5.74, 6) is 1.83. The van der Waals surface area contributed by atoms with Gasteiger partial charge in [0.15, 0.2) is 0 Å². The van der Waals surface area contributed by atoms with Gasteiger partial charge in [0.25, 0.3) is 0 Å². The van der Waals surface area contributed by atoms with E-state index in [9.17, 15) is 4.79 Å². The van der Waals surface area contributed by atoms with Crippen molar-refractivity contribution in [1.29, 1.82) is 0 Å². The molecular formula is C16H20N2O2. The number of aromatic nitrogens is 2. The minimum absolute atomic E-state index is 0.0336. The van der Waals surface area contributed by atoms with E-state index in [1.165, 1.54) is 38.5 Å². The molecule has 4 saturated carbocycles. The molecule has 0 unspecified atom stereocenters. The van der Waals surface area contributed by atoms with Crippen LogP contribution in [0.1, 0.15) is 49.9 Å². The zero-order valence-electron chi connectivity index (χ0n) is 11.6. The van der Waals surface area contributed by atoms with Gasteiger partial charge in [-0.15, -0.1) is 0 Å². The van der Waals surface area contributed by atoms with E-state index < -0.39 is 5.97 Å². The summed E-state index contributed by atoms with van der Waals surface area (Å²) in [6, 6.07) is 0. The summed E-state index contributed by atoms with van der Waals surface area (Å²) in [5, 5.41) is 8.80. The van der Waals surface area contributed by atoms with E-state index in [1.54, 1.807) is 6.20 Å². The van der Waals surface area contributed by atoms with Crippen molar-refractivity contribution >= 4 is 5.97 Å². The Morgan fingerprint density at radius 1 is 1.10 bits per heavy atom. The van der Waals surface area contributed by atoms with Crippen LogP contribution >= 0.6 is 0 Å². The lowest BCUT2D eigenvalue weighted by atomic mass is 9.49. The van der Waals surface area contributed by atoms with Crippen molar-refractivity contribution in [3.05, 3.63) is 23.8 Å². The van der Waals surface area contributed by atoms with Crippen LogP contribution in [0.3, 0.4) is 0 Å². The third kappa shape index (κ3) is 1.93. The Morgan fingerprint density at radius 3 is 2.15 bits per heavy atom. The van der Waals surface area contributed by atoms with E-state index in [2.05, 4.69) is 9.97 Å². The normalized spacial score (nSPS) is 38.1. The molecule has 0 spiro atoms. The number of hydrogen-bond acceptors (Lipinski definition) is 3. The number of hydrogen-bond donors (Lipinski definition) is 1. The Bertz CT molecular complexity index is 503. The Labute approximate surface area is 118 Å². The number of carboxylic acid groups (broad SMARTS) is 1. The Hall–Kier alpha value is -1.45. The first-order valence-electron chi connectivity index (χ1n) is 7.66. The molecule has 0 amide bonds. The first-order chi connectivity index (χ1) is 9.63. The van der Waals surface area contributed by atoms with Gasteiger partial charge in [-0.25, -0.2) is 0 Å². The van der Waals surface area contributed by atoms with Gasteiger partial charge in [0, 0.05) is 17.8 Å². The molecule has 0 radical (unpaired) electrons. The molecule has 0 atom stereocenters. The van der Waals surface area contributed by atoms with Crippen LogP contribution in [0, 0.1) is 17.8 Å². The number of aliphatic carboxylic acids is 1. The number of carbonyl (C=O) groups is 1. The second-order valence-electron chi connectivity index (χ2n) is 7.16. The summed E-state index contributed by atoms with van der Waals surface area (Å²) in [5.41, 5.74) is 1.93. The summed E-state index contributed by atoms with van der Waals surface area (Å²) in [6.45, 7) is 0. The van der Waals surface area contributed by atoms with E-state index in [4.69, 9.17) is 5.11 Å². The first-order valence-corrected chi connectivity index (χ1v) is 7.66. The second kappa shape index (κ2) is 4.27. The maximum atomic E-state index is 10.7. The van der Waals surface area contributed by atoms with Crippen LogP contribution in [0.15, 0.2) is 12.4 Å². The minimum Gasteiger partial charge on any atom is -0.481 e. The fraction of sp³-hybridized carbons (Fsp3) is 0.688. The molecule has 1 N–H and O–H groups in total. The van der Waals surface area contributed by atoms with Gasteiger partial charge in [0.1, 0.15) is 0 Å². The Balaban J connectivity index is 1.62. The van der Waals surface area contributed by atoms with Gasteiger partial charge in [-0.2, -0.15) is 0 Å². The van der Waals surface area contributed by atoms with Crippen molar-refractivity contribution < 1.29 is 9.90 Å². The summed E-state index contributed by atoms with van der Waals surface area (Å²) >= 11 is 0. The highest BCUT2D eigenvalue weighted by atomic mass is 16.4. The summed E-state index contributed by atoms with van der Waals surface area (Å²) < 4.78 is 0. The standard InChI is InChI=1S/C16H20N2O2/c19-15(20)4-13-8-18-14(9-17-13)16-5-10-1-11(6-16)3-12(2-10)7-16/h8-12H,1-7H2,(H,19,20). The third-order valence-corrected chi connectivity index (χ3v) is 5.62. The highest BCUT2D eigenvalue weighted by Gasteiger charge is 2.52. The average Bonchev–Trinajstić information content (AvgIpc) is 2.37. The molecule has 0 aliphatic heterocycles. The van der Waals surface area contributed by atoms with Gasteiger partial charge in [-0.1, -0.05) is 0 Å². The lowest BCUT2D eigenvalue weighted by Crippen LogP contribution is -2.49. The molecule has 0 aromatic carbocycles. The van der Waals surface area contributed by atoms with Gasteiger partial charge in [0.05, 0.1) is 17.8 Å². The van der Waals surface area contributed by atoms with Crippen molar-refractivity contribution in [3.63, 3.8) is 0 Å². The number of carboxylic acids is 1. The summed E-state index contributed by atoms with van der Waals surface area (Å²) in [4.78, 5) is 19.6. The Morgan fingerprint density at radius 2 is 1.70 bits per heavy atom. The van der Waals surface area contributed by atoms with Crippen LogP contribution in [0.4, 0.5) is 0 Å². The zero-order valence-corrected chi connectivity index (χ0v) is 11.6. The van der Waals surface area contributed by atoms with Crippen molar-refractivity contribution in [2.75, 3.05) is 0 Å². The molecule has 4 heteroatoms. The fourth-order valence-corrected chi connectivity index (χ4v) is 5.30. The van der Waals surface area contributed by atoms with Crippen LogP contribution in [0.5, 0.6) is 0 Å². The minimum atomic E-state index is -0.846. The van der Waals surface area contributed by atoms with Crippen molar-refractivity contribution in [3.8, 4) is 0 Å².